The topological polar surface area (TPSA) is 75.7 Å². The summed E-state index contributed by atoms with van der Waals surface area (Å²) in [6.45, 7) is 0.703. The van der Waals surface area contributed by atoms with Gasteiger partial charge in [0.25, 0.3) is 0 Å². The number of hydrogen-bond donors (Lipinski definition) is 2. The van der Waals surface area contributed by atoms with E-state index in [2.05, 4.69) is 25.3 Å². The molecule has 0 amide bonds. The molecule has 0 unspecified atom stereocenters. The van der Waals surface area contributed by atoms with Crippen LogP contribution in [0.3, 0.4) is 0 Å². The molecule has 0 aliphatic carbocycles. The Hall–Kier alpha value is -2.77. The molecule has 0 saturated heterocycles. The Balaban J connectivity index is 1.56. The summed E-state index contributed by atoms with van der Waals surface area (Å²) in [6.07, 6.45) is 2.93. The van der Waals surface area contributed by atoms with Crippen molar-refractivity contribution < 1.29 is 13.5 Å². The number of aromatic amines is 1. The monoisotopic (exact) mass is 291 g/mol. The lowest BCUT2D eigenvalue weighted by atomic mass is 10.3. The molecule has 0 bridgehead atoms. The summed E-state index contributed by atoms with van der Waals surface area (Å²) < 4.78 is 31.1. The fraction of sp³-hybridized carbons (Fsp3) is 0.154. The van der Waals surface area contributed by atoms with E-state index >= 15 is 0 Å². The van der Waals surface area contributed by atoms with Crippen LogP contribution in [0.25, 0.3) is 11.2 Å². The Morgan fingerprint density at radius 1 is 1.14 bits per heavy atom. The van der Waals surface area contributed by atoms with Crippen LogP contribution >= 0.6 is 0 Å². The van der Waals surface area contributed by atoms with Crippen molar-refractivity contribution in [3.8, 4) is 5.75 Å². The molecule has 0 saturated carbocycles. The van der Waals surface area contributed by atoms with E-state index in [1.54, 1.807) is 0 Å². The summed E-state index contributed by atoms with van der Waals surface area (Å²) >= 11 is 0. The van der Waals surface area contributed by atoms with Gasteiger partial charge in [0.05, 0.1) is 12.9 Å². The van der Waals surface area contributed by atoms with Crippen LogP contribution in [0.1, 0.15) is 0 Å². The summed E-state index contributed by atoms with van der Waals surface area (Å²) in [7, 11) is 0. The molecule has 0 aliphatic heterocycles. The first kappa shape index (κ1) is 13.2. The average molecular weight is 291 g/mol. The van der Waals surface area contributed by atoms with Crippen LogP contribution in [0.15, 0.2) is 30.9 Å². The minimum atomic E-state index is -0.935. The highest BCUT2D eigenvalue weighted by Gasteiger charge is 2.05. The minimum absolute atomic E-state index is 0.269. The highest BCUT2D eigenvalue weighted by Crippen LogP contribution is 2.16. The number of rotatable bonds is 5. The molecule has 2 aromatic heterocycles. The SMILES string of the molecule is Fc1ccc(OCCNc2ncnc3nc[nH]c23)cc1F. The van der Waals surface area contributed by atoms with Gasteiger partial charge in [0.2, 0.25) is 0 Å². The van der Waals surface area contributed by atoms with Crippen molar-refractivity contribution in [3.05, 3.63) is 42.5 Å². The summed E-state index contributed by atoms with van der Waals surface area (Å²) in [5.41, 5.74) is 1.26. The molecule has 0 spiro atoms. The lowest BCUT2D eigenvalue weighted by molar-refractivity contribution is 0.329. The Morgan fingerprint density at radius 2 is 2.05 bits per heavy atom. The van der Waals surface area contributed by atoms with Crippen molar-refractivity contribution in [2.45, 2.75) is 0 Å². The van der Waals surface area contributed by atoms with Crippen molar-refractivity contribution >= 4 is 17.0 Å². The van der Waals surface area contributed by atoms with Crippen molar-refractivity contribution in [2.75, 3.05) is 18.5 Å². The van der Waals surface area contributed by atoms with Gasteiger partial charge < -0.3 is 15.0 Å². The second-order valence-electron chi connectivity index (χ2n) is 4.17. The standard InChI is InChI=1S/C13H11F2N5O/c14-9-2-1-8(5-10(9)15)21-4-3-16-12-11-13(18-6-17-11)20-7-19-12/h1-2,5-7H,3-4H2,(H2,16,17,18,19,20). The lowest BCUT2D eigenvalue weighted by Gasteiger charge is -2.08. The van der Waals surface area contributed by atoms with Crippen molar-refractivity contribution in [1.29, 1.82) is 0 Å². The zero-order valence-electron chi connectivity index (χ0n) is 10.8. The number of halogens is 2. The second-order valence-corrected chi connectivity index (χ2v) is 4.17. The van der Waals surface area contributed by atoms with Gasteiger partial charge in [-0.3, -0.25) is 0 Å². The lowest BCUT2D eigenvalue weighted by Crippen LogP contribution is -2.13. The number of imidazole rings is 1. The molecule has 108 valence electrons. The number of anilines is 1. The normalized spacial score (nSPS) is 10.8. The van der Waals surface area contributed by atoms with Gasteiger partial charge in [-0.2, -0.15) is 0 Å². The molecule has 8 heteroatoms. The van der Waals surface area contributed by atoms with Gasteiger partial charge in [-0.25, -0.2) is 23.7 Å². The number of aromatic nitrogens is 4. The van der Waals surface area contributed by atoms with Crippen LogP contribution in [0.5, 0.6) is 5.75 Å². The first-order chi connectivity index (χ1) is 10.2. The number of nitrogens with zero attached hydrogens (tertiary/aromatic N) is 3. The fourth-order valence-electron chi connectivity index (χ4n) is 1.80. The molecule has 3 rings (SSSR count). The predicted octanol–water partition coefficient (Wildman–Crippen LogP) is 2.12. The first-order valence-corrected chi connectivity index (χ1v) is 6.20. The molecule has 0 atom stereocenters. The van der Waals surface area contributed by atoms with E-state index in [1.165, 1.54) is 18.7 Å². The highest BCUT2D eigenvalue weighted by molar-refractivity contribution is 5.81. The molecule has 0 fully saturated rings. The second kappa shape index (κ2) is 5.70. The van der Waals surface area contributed by atoms with Crippen molar-refractivity contribution in [3.63, 3.8) is 0 Å². The quantitative estimate of drug-likeness (QED) is 0.704. The maximum Gasteiger partial charge on any atom is 0.182 e. The molecule has 1 aromatic carbocycles. The van der Waals surface area contributed by atoms with Crippen LogP contribution in [0, 0.1) is 11.6 Å². The maximum absolute atomic E-state index is 13.0. The summed E-state index contributed by atoms with van der Waals surface area (Å²) in [5, 5.41) is 3.05. The largest absolute Gasteiger partial charge is 0.492 e. The molecule has 0 radical (unpaired) electrons. The summed E-state index contributed by atoms with van der Waals surface area (Å²) in [6, 6.07) is 3.40. The molecule has 21 heavy (non-hydrogen) atoms. The molecule has 6 nitrogen and oxygen atoms in total. The van der Waals surface area contributed by atoms with Crippen LogP contribution < -0.4 is 10.1 Å². The van der Waals surface area contributed by atoms with E-state index in [-0.39, 0.29) is 12.4 Å². The van der Waals surface area contributed by atoms with E-state index in [0.717, 1.165) is 12.1 Å². The van der Waals surface area contributed by atoms with E-state index in [1.807, 2.05) is 0 Å². The van der Waals surface area contributed by atoms with Gasteiger partial charge >= 0.3 is 0 Å². The first-order valence-electron chi connectivity index (χ1n) is 6.20. The zero-order valence-corrected chi connectivity index (χ0v) is 10.8. The molecule has 0 aliphatic rings. The van der Waals surface area contributed by atoms with Crippen LogP contribution in [0.2, 0.25) is 0 Å². The Bertz CT molecular complexity index is 761. The van der Waals surface area contributed by atoms with Gasteiger partial charge in [-0.1, -0.05) is 0 Å². The van der Waals surface area contributed by atoms with E-state index < -0.39 is 11.6 Å². The number of H-pyrrole nitrogens is 1. The molecular weight excluding hydrogens is 280 g/mol. The number of fused-ring (bicyclic) bond motifs is 1. The van der Waals surface area contributed by atoms with Gasteiger partial charge in [-0.05, 0) is 12.1 Å². The Morgan fingerprint density at radius 3 is 2.90 bits per heavy atom. The van der Waals surface area contributed by atoms with Gasteiger partial charge in [0, 0.05) is 6.07 Å². The minimum Gasteiger partial charge on any atom is -0.492 e. The fourth-order valence-corrected chi connectivity index (χ4v) is 1.80. The van der Waals surface area contributed by atoms with E-state index in [0.29, 0.717) is 23.5 Å². The van der Waals surface area contributed by atoms with Crippen molar-refractivity contribution in [1.82, 2.24) is 19.9 Å². The van der Waals surface area contributed by atoms with Gasteiger partial charge in [-0.15, -0.1) is 0 Å². The third-order valence-electron chi connectivity index (χ3n) is 2.78. The molecule has 3 aromatic rings. The maximum atomic E-state index is 13.0. The van der Waals surface area contributed by atoms with Crippen LogP contribution in [-0.2, 0) is 0 Å². The summed E-state index contributed by atoms with van der Waals surface area (Å²) in [5.74, 6) is -0.963. The molecular formula is C13H11F2N5O. The van der Waals surface area contributed by atoms with Gasteiger partial charge in [0.1, 0.15) is 24.2 Å². The van der Waals surface area contributed by atoms with Crippen molar-refractivity contribution in [2.24, 2.45) is 0 Å². The third-order valence-corrected chi connectivity index (χ3v) is 2.78. The van der Waals surface area contributed by atoms with E-state index in [9.17, 15) is 8.78 Å². The number of nitrogens with one attached hydrogen (secondary N) is 2. The van der Waals surface area contributed by atoms with Gasteiger partial charge in [0.15, 0.2) is 23.1 Å². The predicted molar refractivity (Wildman–Crippen MR) is 72.0 cm³/mol. The number of hydrogen-bond acceptors (Lipinski definition) is 5. The number of benzene rings is 1. The summed E-state index contributed by atoms with van der Waals surface area (Å²) in [4.78, 5) is 15.0. The molecule has 2 N–H and O–H groups in total. The smallest absolute Gasteiger partial charge is 0.182 e. The Labute approximate surface area is 118 Å². The average Bonchev–Trinajstić information content (AvgIpc) is 2.96. The van der Waals surface area contributed by atoms with Crippen LogP contribution in [0.4, 0.5) is 14.6 Å². The van der Waals surface area contributed by atoms with Crippen LogP contribution in [-0.4, -0.2) is 33.1 Å². The molecule has 2 heterocycles. The zero-order chi connectivity index (χ0) is 14.7. The van der Waals surface area contributed by atoms with E-state index in [4.69, 9.17) is 4.74 Å². The number of ether oxygens (including phenoxy) is 1. The highest BCUT2D eigenvalue weighted by atomic mass is 19.2. The third kappa shape index (κ3) is 2.88. The Kier molecular flexibility index (Phi) is 3.59.